The molecule has 0 unspecified atom stereocenters. The third-order valence-corrected chi connectivity index (χ3v) is 4.04. The molecule has 0 spiro atoms. The Hall–Kier alpha value is -4.42. The van der Waals surface area contributed by atoms with Gasteiger partial charge in [0.15, 0.2) is 0 Å². The Morgan fingerprint density at radius 1 is 1.06 bits per heavy atom. The van der Waals surface area contributed by atoms with Gasteiger partial charge in [0.2, 0.25) is 11.6 Å². The van der Waals surface area contributed by atoms with Gasteiger partial charge in [-0.2, -0.15) is 0 Å². The lowest BCUT2D eigenvalue weighted by Crippen LogP contribution is -2.30. The highest BCUT2D eigenvalue weighted by atomic mass is 19.4. The smallest absolute Gasteiger partial charge is 0.406 e. The van der Waals surface area contributed by atoms with Gasteiger partial charge in [-0.05, 0) is 42.8 Å². The number of halogens is 3. The minimum atomic E-state index is -4.84. The second kappa shape index (κ2) is 9.16. The van der Waals surface area contributed by atoms with Crippen molar-refractivity contribution in [3.05, 3.63) is 76.1 Å². The number of amides is 1. The molecule has 13 heteroatoms. The summed E-state index contributed by atoms with van der Waals surface area (Å²) in [4.78, 5) is 30.8. The summed E-state index contributed by atoms with van der Waals surface area (Å²) in [7, 11) is 0. The lowest BCUT2D eigenvalue weighted by atomic mass is 10.1. The van der Waals surface area contributed by atoms with Crippen LogP contribution >= 0.6 is 0 Å². The maximum Gasteiger partial charge on any atom is 0.573 e. The molecule has 0 bridgehead atoms. The molecule has 0 saturated heterocycles. The topological polar surface area (TPSA) is 131 Å². The van der Waals surface area contributed by atoms with Crippen LogP contribution in [0.25, 0.3) is 0 Å². The zero-order valence-electron chi connectivity index (χ0n) is 16.3. The van der Waals surface area contributed by atoms with E-state index < -0.39 is 28.6 Å². The number of anilines is 3. The Balaban J connectivity index is 1.78. The van der Waals surface area contributed by atoms with Crippen LogP contribution in [0.15, 0.2) is 54.9 Å². The van der Waals surface area contributed by atoms with E-state index in [0.717, 1.165) is 18.5 Å². The molecular weight excluding hydrogens is 433 g/mol. The van der Waals surface area contributed by atoms with Crippen molar-refractivity contribution in [1.82, 2.24) is 15.4 Å². The zero-order valence-corrected chi connectivity index (χ0v) is 16.3. The number of aromatic nitrogens is 2. The Morgan fingerprint density at radius 3 is 2.34 bits per heavy atom. The Kier molecular flexibility index (Phi) is 6.37. The fourth-order valence-corrected chi connectivity index (χ4v) is 2.62. The molecule has 32 heavy (non-hydrogen) atoms. The van der Waals surface area contributed by atoms with Gasteiger partial charge in [-0.15, -0.1) is 13.2 Å². The molecule has 0 aliphatic carbocycles. The van der Waals surface area contributed by atoms with Crippen molar-refractivity contribution in [3.63, 3.8) is 0 Å². The number of nitro groups is 1. The Morgan fingerprint density at radius 2 is 1.72 bits per heavy atom. The van der Waals surface area contributed by atoms with Crippen LogP contribution < -0.4 is 20.9 Å². The van der Waals surface area contributed by atoms with Crippen molar-refractivity contribution in [1.29, 1.82) is 0 Å². The van der Waals surface area contributed by atoms with Crippen LogP contribution in [0, 0.1) is 17.0 Å². The van der Waals surface area contributed by atoms with Gasteiger partial charge in [-0.3, -0.25) is 25.8 Å². The standard InChI is InChI=1S/C19H15F3N6O4/c1-11-4-2-3-5-14(11)18(29)27-26-17-15(28(30)31)16(23-10-24-17)25-12-6-8-13(9-7-12)32-19(20,21)22/h2-10H,1H3,(H,27,29)(H2,23,24,25,26). The molecule has 0 atom stereocenters. The summed E-state index contributed by atoms with van der Waals surface area (Å²) >= 11 is 0. The van der Waals surface area contributed by atoms with Crippen molar-refractivity contribution in [2.24, 2.45) is 0 Å². The van der Waals surface area contributed by atoms with Crippen molar-refractivity contribution in [2.75, 3.05) is 10.7 Å². The van der Waals surface area contributed by atoms with Gasteiger partial charge in [-0.1, -0.05) is 18.2 Å². The maximum atomic E-state index is 12.3. The van der Waals surface area contributed by atoms with Gasteiger partial charge >= 0.3 is 12.0 Å². The molecule has 0 radical (unpaired) electrons. The highest BCUT2D eigenvalue weighted by Gasteiger charge is 2.31. The average Bonchev–Trinajstić information content (AvgIpc) is 2.72. The van der Waals surface area contributed by atoms with E-state index in [4.69, 9.17) is 0 Å². The van der Waals surface area contributed by atoms with Crippen LogP contribution in [-0.2, 0) is 0 Å². The number of ether oxygens (including phenoxy) is 1. The summed E-state index contributed by atoms with van der Waals surface area (Å²) < 4.78 is 40.6. The van der Waals surface area contributed by atoms with E-state index in [2.05, 4.69) is 30.9 Å². The Labute approximate surface area is 178 Å². The summed E-state index contributed by atoms with van der Waals surface area (Å²) in [5.41, 5.74) is 5.41. The summed E-state index contributed by atoms with van der Waals surface area (Å²) in [5.74, 6) is -1.54. The summed E-state index contributed by atoms with van der Waals surface area (Å²) in [6.07, 6.45) is -3.83. The molecule has 166 valence electrons. The van der Waals surface area contributed by atoms with Crippen LogP contribution in [0.2, 0.25) is 0 Å². The quantitative estimate of drug-likeness (QED) is 0.364. The molecule has 0 fully saturated rings. The highest BCUT2D eigenvalue weighted by molar-refractivity contribution is 5.96. The minimum Gasteiger partial charge on any atom is -0.406 e. The molecular formula is C19H15F3N6O4. The molecule has 3 N–H and O–H groups in total. The number of nitrogens with one attached hydrogen (secondary N) is 3. The van der Waals surface area contributed by atoms with Gasteiger partial charge in [-0.25, -0.2) is 9.97 Å². The first kappa shape index (κ1) is 22.3. The van der Waals surface area contributed by atoms with Crippen molar-refractivity contribution in [2.45, 2.75) is 13.3 Å². The van der Waals surface area contributed by atoms with Crippen LogP contribution in [0.4, 0.5) is 36.2 Å². The van der Waals surface area contributed by atoms with Crippen molar-refractivity contribution < 1.29 is 27.6 Å². The highest BCUT2D eigenvalue weighted by Crippen LogP contribution is 2.31. The van der Waals surface area contributed by atoms with E-state index in [-0.39, 0.29) is 17.3 Å². The lowest BCUT2D eigenvalue weighted by Gasteiger charge is -2.12. The number of alkyl halides is 3. The van der Waals surface area contributed by atoms with Gasteiger partial charge in [0.25, 0.3) is 5.91 Å². The average molecular weight is 448 g/mol. The number of nitrogens with zero attached hydrogens (tertiary/aromatic N) is 3. The van der Waals surface area contributed by atoms with Crippen LogP contribution in [0.1, 0.15) is 15.9 Å². The van der Waals surface area contributed by atoms with Crippen LogP contribution in [0.3, 0.4) is 0 Å². The van der Waals surface area contributed by atoms with Gasteiger partial charge in [0, 0.05) is 11.3 Å². The molecule has 1 aromatic heterocycles. The predicted molar refractivity (Wildman–Crippen MR) is 107 cm³/mol. The van der Waals surface area contributed by atoms with Crippen molar-refractivity contribution >= 4 is 28.9 Å². The van der Waals surface area contributed by atoms with Gasteiger partial charge in [0.05, 0.1) is 4.92 Å². The van der Waals surface area contributed by atoms with E-state index >= 15 is 0 Å². The van der Waals surface area contributed by atoms with E-state index in [9.17, 15) is 28.1 Å². The molecule has 0 aliphatic heterocycles. The number of rotatable bonds is 7. The monoisotopic (exact) mass is 448 g/mol. The first-order chi connectivity index (χ1) is 15.1. The lowest BCUT2D eigenvalue weighted by molar-refractivity contribution is -0.383. The molecule has 0 aliphatic rings. The first-order valence-corrected chi connectivity index (χ1v) is 8.88. The summed E-state index contributed by atoms with van der Waals surface area (Å²) in [5, 5.41) is 14.2. The summed E-state index contributed by atoms with van der Waals surface area (Å²) in [6, 6.07) is 11.3. The second-order valence-electron chi connectivity index (χ2n) is 6.27. The molecule has 10 nitrogen and oxygen atoms in total. The predicted octanol–water partition coefficient (Wildman–Crippen LogP) is 4.09. The Bertz CT molecular complexity index is 1140. The van der Waals surface area contributed by atoms with Gasteiger partial charge < -0.3 is 10.1 Å². The maximum absolute atomic E-state index is 12.3. The molecule has 1 amide bonds. The number of benzene rings is 2. The minimum absolute atomic E-state index is 0.205. The number of carbonyl (C=O) groups excluding carboxylic acids is 1. The second-order valence-corrected chi connectivity index (χ2v) is 6.27. The molecule has 3 rings (SSSR count). The SMILES string of the molecule is Cc1ccccc1C(=O)NNc1ncnc(Nc2ccc(OC(F)(F)F)cc2)c1[N+](=O)[O-]. The fourth-order valence-electron chi connectivity index (χ4n) is 2.62. The largest absolute Gasteiger partial charge is 0.573 e. The van der Waals surface area contributed by atoms with Gasteiger partial charge in [0.1, 0.15) is 12.1 Å². The molecule has 1 heterocycles. The number of aryl methyl sites for hydroxylation is 1. The fraction of sp³-hybridized carbons (Fsp3) is 0.105. The normalized spacial score (nSPS) is 10.9. The first-order valence-electron chi connectivity index (χ1n) is 8.88. The van der Waals surface area contributed by atoms with E-state index in [1.54, 1.807) is 31.2 Å². The number of hydrazine groups is 1. The molecule has 2 aromatic carbocycles. The van der Waals surface area contributed by atoms with Crippen LogP contribution in [-0.4, -0.2) is 27.2 Å². The molecule has 0 saturated carbocycles. The van der Waals surface area contributed by atoms with E-state index in [0.29, 0.717) is 11.1 Å². The molecule has 3 aromatic rings. The number of hydrogen-bond acceptors (Lipinski definition) is 8. The zero-order chi connectivity index (χ0) is 23.3. The number of carbonyl (C=O) groups is 1. The van der Waals surface area contributed by atoms with Crippen LogP contribution in [0.5, 0.6) is 5.75 Å². The third-order valence-electron chi connectivity index (χ3n) is 4.04. The summed E-state index contributed by atoms with van der Waals surface area (Å²) in [6.45, 7) is 1.73. The van der Waals surface area contributed by atoms with Crippen molar-refractivity contribution in [3.8, 4) is 5.75 Å². The number of hydrogen-bond donors (Lipinski definition) is 3. The third kappa shape index (κ3) is 5.59. The van der Waals surface area contributed by atoms with E-state index in [1.165, 1.54) is 12.1 Å². The van der Waals surface area contributed by atoms with E-state index in [1.807, 2.05) is 0 Å².